The van der Waals surface area contributed by atoms with Gasteiger partial charge in [-0.3, -0.25) is 43.7 Å². The fourth-order valence-corrected chi connectivity index (χ4v) is 6.49. The molecule has 0 spiro atoms. The second-order valence-corrected chi connectivity index (χ2v) is 12.5. The van der Waals surface area contributed by atoms with Crippen molar-refractivity contribution in [3.63, 3.8) is 0 Å². The lowest BCUT2D eigenvalue weighted by Crippen LogP contribution is -2.57. The van der Waals surface area contributed by atoms with Gasteiger partial charge in [0.25, 0.3) is 5.69 Å². The quantitative estimate of drug-likeness (QED) is 0.157. The van der Waals surface area contributed by atoms with Crippen LogP contribution in [0.5, 0.6) is 0 Å². The Morgan fingerprint density at radius 3 is 1.98 bits per heavy atom. The van der Waals surface area contributed by atoms with Crippen LogP contribution in [-0.2, 0) is 38.3 Å². The molecule has 17 heteroatoms. The largest absolute Gasteiger partial charge is 0.469 e. The average molecular weight is 686 g/mol. The van der Waals surface area contributed by atoms with Gasteiger partial charge in [-0.1, -0.05) is 0 Å². The number of anilines is 1. The molecule has 3 saturated heterocycles. The minimum absolute atomic E-state index is 0.0973. The van der Waals surface area contributed by atoms with Gasteiger partial charge in [0.1, 0.15) is 30.2 Å². The van der Waals surface area contributed by atoms with E-state index >= 15 is 0 Å². The number of likely N-dealkylation sites (tertiary alicyclic amines) is 3. The van der Waals surface area contributed by atoms with Gasteiger partial charge in [0.2, 0.25) is 35.4 Å². The molecule has 1 aromatic rings. The van der Waals surface area contributed by atoms with Crippen molar-refractivity contribution in [2.75, 3.05) is 32.1 Å². The van der Waals surface area contributed by atoms with E-state index in [0.29, 0.717) is 57.3 Å². The van der Waals surface area contributed by atoms with Gasteiger partial charge in [-0.25, -0.2) is 0 Å². The summed E-state index contributed by atoms with van der Waals surface area (Å²) in [7, 11) is 1.23. The molecule has 3 fully saturated rings. The van der Waals surface area contributed by atoms with Crippen molar-refractivity contribution in [2.45, 2.75) is 95.4 Å². The van der Waals surface area contributed by atoms with E-state index < -0.39 is 64.7 Å². The third-order valence-corrected chi connectivity index (χ3v) is 9.13. The molecule has 266 valence electrons. The van der Waals surface area contributed by atoms with E-state index in [2.05, 4.69) is 20.7 Å². The molecule has 5 unspecified atom stereocenters. The maximum absolute atomic E-state index is 13.7. The van der Waals surface area contributed by atoms with E-state index in [-0.39, 0.29) is 36.9 Å². The highest BCUT2D eigenvalue weighted by Crippen LogP contribution is 2.27. The normalized spacial score (nSPS) is 21.4. The summed E-state index contributed by atoms with van der Waals surface area (Å²) >= 11 is 0. The zero-order chi connectivity index (χ0) is 35.8. The van der Waals surface area contributed by atoms with Crippen LogP contribution in [0.4, 0.5) is 11.4 Å². The second-order valence-electron chi connectivity index (χ2n) is 12.5. The topological polar surface area (TPSA) is 218 Å². The highest BCUT2D eigenvalue weighted by molar-refractivity contribution is 6.00. The van der Waals surface area contributed by atoms with Crippen molar-refractivity contribution < 1.29 is 43.2 Å². The Balaban J connectivity index is 1.30. The number of nitro benzene ring substituents is 1. The number of nitrogens with one attached hydrogen (secondary N) is 3. The first-order valence-electron chi connectivity index (χ1n) is 16.5. The number of nitro groups is 1. The van der Waals surface area contributed by atoms with E-state index in [4.69, 9.17) is 0 Å². The summed E-state index contributed by atoms with van der Waals surface area (Å²) < 4.78 is 4.57. The molecular weight excluding hydrogens is 642 g/mol. The molecule has 5 atom stereocenters. The molecule has 6 amide bonds. The van der Waals surface area contributed by atoms with Crippen LogP contribution in [0.3, 0.4) is 0 Å². The van der Waals surface area contributed by atoms with Gasteiger partial charge in [0.15, 0.2) is 0 Å². The molecule has 49 heavy (non-hydrogen) atoms. The van der Waals surface area contributed by atoms with Gasteiger partial charge in [-0.05, 0) is 64.5 Å². The monoisotopic (exact) mass is 685 g/mol. The first-order chi connectivity index (χ1) is 23.3. The Hall–Kier alpha value is -5.09. The van der Waals surface area contributed by atoms with Crippen LogP contribution in [0, 0.1) is 10.1 Å². The van der Waals surface area contributed by atoms with E-state index in [1.807, 2.05) is 0 Å². The van der Waals surface area contributed by atoms with Crippen molar-refractivity contribution in [3.8, 4) is 0 Å². The van der Waals surface area contributed by atoms with Crippen molar-refractivity contribution in [3.05, 3.63) is 34.4 Å². The molecule has 3 heterocycles. The Labute approximate surface area is 283 Å². The number of nitrogens with zero attached hydrogens (tertiary/aromatic N) is 4. The molecule has 3 N–H and O–H groups in total. The van der Waals surface area contributed by atoms with Crippen molar-refractivity contribution in [1.82, 2.24) is 25.3 Å². The van der Waals surface area contributed by atoms with Crippen molar-refractivity contribution >= 4 is 52.8 Å². The van der Waals surface area contributed by atoms with Gasteiger partial charge in [0, 0.05) is 43.9 Å². The molecule has 3 aliphatic heterocycles. The zero-order valence-electron chi connectivity index (χ0n) is 27.8. The Bertz CT molecular complexity index is 1470. The van der Waals surface area contributed by atoms with Crippen LogP contribution in [0.25, 0.3) is 0 Å². The zero-order valence-corrected chi connectivity index (χ0v) is 27.8. The van der Waals surface area contributed by atoms with Gasteiger partial charge in [-0.2, -0.15) is 0 Å². The number of non-ortho nitro benzene ring substituents is 1. The first kappa shape index (κ1) is 36.7. The minimum atomic E-state index is -1.04. The number of ether oxygens (including phenoxy) is 1. The van der Waals surface area contributed by atoms with Gasteiger partial charge >= 0.3 is 5.97 Å². The molecular formula is C32H43N7O10. The van der Waals surface area contributed by atoms with Crippen LogP contribution < -0.4 is 16.0 Å². The van der Waals surface area contributed by atoms with Gasteiger partial charge in [0.05, 0.1) is 18.5 Å². The summed E-state index contributed by atoms with van der Waals surface area (Å²) in [6.45, 7) is 3.91. The van der Waals surface area contributed by atoms with Crippen LogP contribution in [0.1, 0.15) is 65.2 Å². The van der Waals surface area contributed by atoms with Crippen molar-refractivity contribution in [2.24, 2.45) is 0 Å². The number of hydrogen-bond donors (Lipinski definition) is 3. The number of methoxy groups -OCH3 is 1. The molecule has 1 aromatic carbocycles. The van der Waals surface area contributed by atoms with Crippen molar-refractivity contribution in [1.29, 1.82) is 0 Å². The molecule has 0 aliphatic carbocycles. The summed E-state index contributed by atoms with van der Waals surface area (Å²) in [4.78, 5) is 105. The molecule has 0 radical (unpaired) electrons. The number of esters is 1. The highest BCUT2D eigenvalue weighted by atomic mass is 16.6. The predicted octanol–water partition coefficient (Wildman–Crippen LogP) is 0.469. The summed E-state index contributed by atoms with van der Waals surface area (Å²) in [5.41, 5.74) is 0.233. The van der Waals surface area contributed by atoms with Gasteiger partial charge in [-0.15, -0.1) is 0 Å². The Morgan fingerprint density at radius 1 is 0.796 bits per heavy atom. The second kappa shape index (κ2) is 16.3. The maximum Gasteiger partial charge on any atom is 0.306 e. The number of rotatable bonds is 12. The van der Waals surface area contributed by atoms with E-state index in [0.717, 1.165) is 0 Å². The molecule has 0 bridgehead atoms. The number of hydrogen-bond acceptors (Lipinski definition) is 10. The van der Waals surface area contributed by atoms with Gasteiger partial charge < -0.3 is 35.4 Å². The minimum Gasteiger partial charge on any atom is -0.469 e. The number of amides is 6. The van der Waals surface area contributed by atoms with Crippen LogP contribution in [0.15, 0.2) is 24.3 Å². The Kier molecular flexibility index (Phi) is 12.3. The molecule has 0 saturated carbocycles. The summed E-state index contributed by atoms with van der Waals surface area (Å²) in [5.74, 6) is -3.32. The highest BCUT2D eigenvalue weighted by Gasteiger charge is 2.43. The smallest absolute Gasteiger partial charge is 0.306 e. The van der Waals surface area contributed by atoms with Crippen LogP contribution in [0.2, 0.25) is 0 Å². The number of benzene rings is 1. The fourth-order valence-electron chi connectivity index (χ4n) is 6.49. The fraction of sp³-hybridized carbons (Fsp3) is 0.594. The third-order valence-electron chi connectivity index (χ3n) is 9.13. The van der Waals surface area contributed by atoms with Crippen LogP contribution in [-0.4, -0.2) is 118 Å². The Morgan fingerprint density at radius 2 is 1.37 bits per heavy atom. The lowest BCUT2D eigenvalue weighted by Gasteiger charge is -2.32. The lowest BCUT2D eigenvalue weighted by molar-refractivity contribution is -0.384. The lowest BCUT2D eigenvalue weighted by atomic mass is 10.1. The van der Waals surface area contributed by atoms with E-state index in [1.54, 1.807) is 0 Å². The molecule has 17 nitrogen and oxygen atoms in total. The summed E-state index contributed by atoms with van der Waals surface area (Å²) in [6, 6.07) is 0.922. The number of carbonyl (C=O) groups excluding carboxylic acids is 7. The molecule has 0 aromatic heterocycles. The summed E-state index contributed by atoms with van der Waals surface area (Å²) in [5, 5.41) is 18.9. The maximum atomic E-state index is 13.7. The molecule has 4 rings (SSSR count). The third kappa shape index (κ3) is 8.88. The van der Waals surface area contributed by atoms with Crippen LogP contribution >= 0.6 is 0 Å². The predicted molar refractivity (Wildman–Crippen MR) is 172 cm³/mol. The average Bonchev–Trinajstić information content (AvgIpc) is 3.87. The van der Waals surface area contributed by atoms with E-state index in [1.165, 1.54) is 59.9 Å². The summed E-state index contributed by atoms with van der Waals surface area (Å²) in [6.07, 6.45) is 2.74. The number of carbonyl (C=O) groups is 7. The van der Waals surface area contributed by atoms with E-state index in [9.17, 15) is 43.7 Å². The SMILES string of the molecule is COC(=O)CCC(=O)N1CCCC1C(=O)NC(C)C(=O)NC(C)C(=O)N1CCCC1C(=O)N1CCCC1C(=O)Nc1ccc([N+](=O)[O-])cc1. The standard InChI is InChI=1S/C32H43N7O10/c1-19(33-29(43)23-7-4-16-36(23)26(40)14-15-27(41)49-3)28(42)34-20(2)31(45)38-18-6-9-25(38)32(46)37-17-5-8-24(37)30(44)35-21-10-12-22(13-11-21)39(47)48/h10-13,19-20,23-25H,4-9,14-18H2,1-3H3,(H,33,43)(H,34,42)(H,35,44). The molecule has 3 aliphatic rings. The first-order valence-corrected chi connectivity index (χ1v) is 16.5.